The van der Waals surface area contributed by atoms with E-state index in [-0.39, 0.29) is 34.6 Å². The SMILES string of the molecule is CCC[C@@H](CNC(=O)c1nc(Cl)c(N)nc1N)NCCCc1ccc(OC[C@@H]2COC(C)(C)O2)cc1. The molecule has 2 aromatic rings. The molecule has 1 fully saturated rings. The van der Waals surface area contributed by atoms with Gasteiger partial charge < -0.3 is 36.3 Å². The fourth-order valence-electron chi connectivity index (χ4n) is 3.92. The van der Waals surface area contributed by atoms with E-state index in [1.54, 1.807) is 0 Å². The van der Waals surface area contributed by atoms with Crippen LogP contribution in [-0.2, 0) is 15.9 Å². The number of anilines is 2. The second-order valence-electron chi connectivity index (χ2n) is 9.29. The number of nitrogens with one attached hydrogen (secondary N) is 2. The number of nitrogens with two attached hydrogens (primary N) is 2. The van der Waals surface area contributed by atoms with E-state index in [4.69, 9.17) is 37.3 Å². The van der Waals surface area contributed by atoms with Gasteiger partial charge >= 0.3 is 0 Å². The summed E-state index contributed by atoms with van der Waals surface area (Å²) in [6.07, 6.45) is 3.75. The van der Waals surface area contributed by atoms with Crippen LogP contribution in [-0.4, -0.2) is 60.1 Å². The van der Waals surface area contributed by atoms with Crippen LogP contribution < -0.4 is 26.8 Å². The molecule has 0 bridgehead atoms. The molecule has 1 amide bonds. The summed E-state index contributed by atoms with van der Waals surface area (Å²) >= 11 is 5.87. The lowest BCUT2D eigenvalue weighted by Gasteiger charge is -2.19. The molecule has 10 nitrogen and oxygen atoms in total. The van der Waals surface area contributed by atoms with Crippen LogP contribution in [0.25, 0.3) is 0 Å². The first kappa shape index (κ1) is 27.9. The van der Waals surface area contributed by atoms with Gasteiger partial charge in [0.25, 0.3) is 5.91 Å². The second-order valence-corrected chi connectivity index (χ2v) is 9.65. The van der Waals surface area contributed by atoms with Crippen LogP contribution in [0.1, 0.15) is 56.1 Å². The molecule has 0 radical (unpaired) electrons. The molecule has 2 atom stereocenters. The van der Waals surface area contributed by atoms with Crippen molar-refractivity contribution in [2.24, 2.45) is 0 Å². The average molecular weight is 521 g/mol. The van der Waals surface area contributed by atoms with Gasteiger partial charge in [0.2, 0.25) is 0 Å². The van der Waals surface area contributed by atoms with Crippen molar-refractivity contribution in [2.45, 2.75) is 64.4 Å². The first-order valence-corrected chi connectivity index (χ1v) is 12.7. The van der Waals surface area contributed by atoms with Crippen LogP contribution in [0.3, 0.4) is 0 Å². The second kappa shape index (κ2) is 13.0. The third-order valence-electron chi connectivity index (χ3n) is 5.77. The highest BCUT2D eigenvalue weighted by atomic mass is 35.5. The van der Waals surface area contributed by atoms with E-state index in [0.29, 0.717) is 19.8 Å². The molecule has 0 aliphatic carbocycles. The minimum atomic E-state index is -0.540. The van der Waals surface area contributed by atoms with Crippen LogP contribution in [0.5, 0.6) is 5.75 Å². The molecule has 198 valence electrons. The van der Waals surface area contributed by atoms with Gasteiger partial charge in [-0.15, -0.1) is 0 Å². The molecule has 1 aromatic heterocycles. The van der Waals surface area contributed by atoms with Gasteiger partial charge in [0.15, 0.2) is 28.3 Å². The van der Waals surface area contributed by atoms with Crippen molar-refractivity contribution < 1.29 is 19.0 Å². The Kier molecular flexibility index (Phi) is 10.1. The van der Waals surface area contributed by atoms with Crippen molar-refractivity contribution in [2.75, 3.05) is 37.8 Å². The maximum Gasteiger partial charge on any atom is 0.273 e. The lowest BCUT2D eigenvalue weighted by Crippen LogP contribution is -2.41. The van der Waals surface area contributed by atoms with Crippen LogP contribution in [0, 0.1) is 0 Å². The summed E-state index contributed by atoms with van der Waals surface area (Å²) in [7, 11) is 0. The largest absolute Gasteiger partial charge is 0.491 e. The van der Waals surface area contributed by atoms with Gasteiger partial charge in [-0.25, -0.2) is 9.97 Å². The van der Waals surface area contributed by atoms with E-state index in [2.05, 4.69) is 39.7 Å². The van der Waals surface area contributed by atoms with E-state index >= 15 is 0 Å². The molecular formula is C25H37ClN6O4. The van der Waals surface area contributed by atoms with Crippen molar-refractivity contribution in [3.05, 3.63) is 40.7 Å². The van der Waals surface area contributed by atoms with Crippen molar-refractivity contribution in [1.82, 2.24) is 20.6 Å². The molecule has 0 unspecified atom stereocenters. The molecule has 6 N–H and O–H groups in total. The van der Waals surface area contributed by atoms with Gasteiger partial charge in [0.1, 0.15) is 18.5 Å². The zero-order chi connectivity index (χ0) is 26.1. The van der Waals surface area contributed by atoms with E-state index < -0.39 is 11.7 Å². The number of hydrogen-bond acceptors (Lipinski definition) is 9. The molecule has 11 heteroatoms. The Bertz CT molecular complexity index is 1000. The molecule has 1 aliphatic rings. The number of ether oxygens (including phenoxy) is 3. The number of rotatable bonds is 13. The standard InChI is InChI=1S/C25H37ClN6O4/c1-4-6-17(13-30-24(33)20-22(27)32-23(28)21(26)31-20)29-12-5-7-16-8-10-18(11-9-16)34-14-19-15-35-25(2,3)36-19/h8-11,17,19,29H,4-7,12-15H2,1-3H3,(H,30,33)(H4,27,28,32)/t17-,19+/m0/s1. The molecule has 36 heavy (non-hydrogen) atoms. The monoisotopic (exact) mass is 520 g/mol. The highest BCUT2D eigenvalue weighted by Crippen LogP contribution is 2.23. The maximum absolute atomic E-state index is 12.5. The number of hydrogen-bond donors (Lipinski definition) is 4. The molecule has 2 heterocycles. The van der Waals surface area contributed by atoms with Gasteiger partial charge in [-0.05, 0) is 57.4 Å². The lowest BCUT2D eigenvalue weighted by molar-refractivity contribution is -0.141. The number of halogens is 1. The van der Waals surface area contributed by atoms with Crippen LogP contribution in [0.15, 0.2) is 24.3 Å². The summed E-state index contributed by atoms with van der Waals surface area (Å²) in [5, 5.41) is 6.34. The average Bonchev–Trinajstić information content (AvgIpc) is 3.20. The summed E-state index contributed by atoms with van der Waals surface area (Å²) < 4.78 is 17.2. The van der Waals surface area contributed by atoms with E-state index in [0.717, 1.165) is 38.0 Å². The Hall–Kier alpha value is -2.66. The highest BCUT2D eigenvalue weighted by Gasteiger charge is 2.32. The predicted molar refractivity (Wildman–Crippen MR) is 140 cm³/mol. The number of carbonyl (C=O) groups excluding carboxylic acids is 1. The number of aromatic nitrogens is 2. The summed E-state index contributed by atoms with van der Waals surface area (Å²) in [5.74, 6) is -0.201. The quantitative estimate of drug-likeness (QED) is 0.292. The summed E-state index contributed by atoms with van der Waals surface area (Å²) in [4.78, 5) is 20.3. The Morgan fingerprint density at radius 3 is 2.67 bits per heavy atom. The zero-order valence-corrected chi connectivity index (χ0v) is 21.9. The highest BCUT2D eigenvalue weighted by molar-refractivity contribution is 6.31. The third kappa shape index (κ3) is 8.48. The van der Waals surface area contributed by atoms with Crippen LogP contribution >= 0.6 is 11.6 Å². The Morgan fingerprint density at radius 2 is 2.00 bits per heavy atom. The first-order valence-electron chi connectivity index (χ1n) is 12.3. The van der Waals surface area contributed by atoms with Gasteiger partial charge in [-0.3, -0.25) is 4.79 Å². The number of nitrogens with zero attached hydrogens (tertiary/aromatic N) is 2. The lowest BCUT2D eigenvalue weighted by atomic mass is 10.1. The Morgan fingerprint density at radius 1 is 1.25 bits per heavy atom. The molecular weight excluding hydrogens is 484 g/mol. The number of nitrogen functional groups attached to an aromatic ring is 2. The number of aryl methyl sites for hydroxylation is 1. The number of benzene rings is 1. The van der Waals surface area contributed by atoms with Crippen molar-refractivity contribution >= 4 is 29.1 Å². The van der Waals surface area contributed by atoms with Crippen molar-refractivity contribution in [3.63, 3.8) is 0 Å². The maximum atomic E-state index is 12.5. The van der Waals surface area contributed by atoms with Crippen LogP contribution in [0.2, 0.25) is 5.15 Å². The van der Waals surface area contributed by atoms with Crippen molar-refractivity contribution in [1.29, 1.82) is 0 Å². The van der Waals surface area contributed by atoms with E-state index in [1.807, 2.05) is 26.0 Å². The summed E-state index contributed by atoms with van der Waals surface area (Å²) in [5.41, 5.74) is 12.6. The fraction of sp³-hybridized carbons (Fsp3) is 0.560. The van der Waals surface area contributed by atoms with E-state index in [1.165, 1.54) is 5.56 Å². The molecule has 0 saturated carbocycles. The third-order valence-corrected chi connectivity index (χ3v) is 6.05. The van der Waals surface area contributed by atoms with E-state index in [9.17, 15) is 4.79 Å². The number of carbonyl (C=O) groups is 1. The predicted octanol–water partition coefficient (Wildman–Crippen LogP) is 2.95. The first-order chi connectivity index (χ1) is 17.2. The molecule has 1 aliphatic heterocycles. The van der Waals surface area contributed by atoms with Gasteiger partial charge in [-0.1, -0.05) is 37.1 Å². The minimum absolute atomic E-state index is 0.00342. The van der Waals surface area contributed by atoms with Gasteiger partial charge in [-0.2, -0.15) is 0 Å². The van der Waals surface area contributed by atoms with Gasteiger partial charge in [0.05, 0.1) is 6.61 Å². The van der Waals surface area contributed by atoms with Gasteiger partial charge in [0, 0.05) is 12.6 Å². The Labute approximate surface area is 217 Å². The summed E-state index contributed by atoms with van der Waals surface area (Å²) in [6, 6.07) is 8.25. The topological polar surface area (TPSA) is 147 Å². The van der Waals surface area contributed by atoms with Crippen LogP contribution in [0.4, 0.5) is 11.6 Å². The Balaban J connectivity index is 1.37. The minimum Gasteiger partial charge on any atom is -0.491 e. The molecule has 1 saturated heterocycles. The van der Waals surface area contributed by atoms with Crippen molar-refractivity contribution in [3.8, 4) is 5.75 Å². The molecule has 1 aromatic carbocycles. The fourth-order valence-corrected chi connectivity index (χ4v) is 4.05. The molecule has 0 spiro atoms. The normalized spacial score (nSPS) is 17.6. The number of amides is 1. The summed E-state index contributed by atoms with van der Waals surface area (Å²) in [6.45, 7) is 8.18. The smallest absolute Gasteiger partial charge is 0.273 e. The molecule has 3 rings (SSSR count). The zero-order valence-electron chi connectivity index (χ0n) is 21.2.